The molecule has 0 aromatic carbocycles. The molecule has 0 aromatic heterocycles. The summed E-state index contributed by atoms with van der Waals surface area (Å²) in [6.07, 6.45) is 74.0. The van der Waals surface area contributed by atoms with Crippen molar-refractivity contribution in [2.24, 2.45) is 29.6 Å². The van der Waals surface area contributed by atoms with Crippen molar-refractivity contribution in [3.8, 4) is 0 Å². The summed E-state index contributed by atoms with van der Waals surface area (Å²) in [5.41, 5.74) is 0. The summed E-state index contributed by atoms with van der Waals surface area (Å²) in [7, 11) is 0. The zero-order valence-electron chi connectivity index (χ0n) is 71.4. The fourth-order valence-electron chi connectivity index (χ4n) is 15.6. The third-order valence-corrected chi connectivity index (χ3v) is 22.9. The summed E-state index contributed by atoms with van der Waals surface area (Å²) in [4.78, 5) is 57.1. The Labute approximate surface area is 653 Å². The average Bonchev–Trinajstić information content (AvgIpc) is 1.32. The normalized spacial score (nSPS) is 13.2. The van der Waals surface area contributed by atoms with Crippen molar-refractivity contribution in [1.82, 2.24) is 9.80 Å². The molecule has 0 heterocycles. The fraction of sp³-hybridized carbons (Fsp3) is 0.957. The number of rotatable bonds is 87. The van der Waals surface area contributed by atoms with Crippen LogP contribution in [0, 0.1) is 29.6 Å². The molecule has 0 radical (unpaired) electrons. The Morgan fingerprint density at radius 1 is 0.219 bits per heavy atom. The lowest BCUT2D eigenvalue weighted by Crippen LogP contribution is -2.28. The molecule has 0 aliphatic carbocycles. The highest BCUT2D eigenvalue weighted by Gasteiger charge is 2.19. The van der Waals surface area contributed by atoms with Crippen molar-refractivity contribution < 1.29 is 48.3 Å². The van der Waals surface area contributed by atoms with E-state index in [1.54, 1.807) is 0 Å². The fourth-order valence-corrected chi connectivity index (χ4v) is 15.6. The highest BCUT2D eigenvalue weighted by Crippen LogP contribution is 2.28. The van der Waals surface area contributed by atoms with Crippen LogP contribution in [0.5, 0.6) is 0 Å². The Hall–Kier alpha value is -2.28. The minimum atomic E-state index is -0.0543. The standard InChI is InChI=1S/C93H182N2O10/c1-8-15-21-27-31-42-62-86(60-39-25-19-12-5)81-102-90(98)69-47-37-51-73-95(78-58-80-97)74-52-38-48-70-91(99)105-84-89(66-45-34-30-24-18-11-4)68-57-67-85(14-7)59-41-35-36-46-65-88(64-44-33-29-23-17-10-3)83-104-93(101)72-50-54-76-94(77-55-56-79-96)75-53-49-71-92(100)103-82-87(61-40-26-20-13-6)63-43-32-28-22-16-9-2/h85-89,96-97H,8-84H2,1-7H3. The van der Waals surface area contributed by atoms with Gasteiger partial charge in [-0.3, -0.25) is 19.2 Å². The molecule has 2 N–H and O–H groups in total. The monoisotopic (exact) mass is 1490 g/mol. The first-order valence-corrected chi connectivity index (χ1v) is 46.8. The van der Waals surface area contributed by atoms with Crippen molar-refractivity contribution in [3.63, 3.8) is 0 Å². The molecule has 0 bridgehead atoms. The number of ether oxygens (including phenoxy) is 4. The quantitative estimate of drug-likeness (QED) is 0.0339. The lowest BCUT2D eigenvalue weighted by Gasteiger charge is -2.22. The van der Waals surface area contributed by atoms with Gasteiger partial charge in [0.1, 0.15) is 0 Å². The van der Waals surface area contributed by atoms with Crippen LogP contribution in [0.1, 0.15) is 466 Å². The summed E-state index contributed by atoms with van der Waals surface area (Å²) in [6, 6.07) is 0. The Morgan fingerprint density at radius 3 is 0.676 bits per heavy atom. The van der Waals surface area contributed by atoms with Gasteiger partial charge < -0.3 is 39.0 Å². The van der Waals surface area contributed by atoms with Gasteiger partial charge in [0.25, 0.3) is 0 Å². The van der Waals surface area contributed by atoms with E-state index in [0.717, 1.165) is 154 Å². The third-order valence-electron chi connectivity index (χ3n) is 22.9. The second-order valence-corrected chi connectivity index (χ2v) is 33.0. The topological polar surface area (TPSA) is 152 Å². The van der Waals surface area contributed by atoms with Crippen molar-refractivity contribution in [1.29, 1.82) is 0 Å². The number of hydrogen-bond acceptors (Lipinski definition) is 12. The molecule has 0 fully saturated rings. The van der Waals surface area contributed by atoms with Crippen LogP contribution in [-0.2, 0) is 38.1 Å². The first-order chi connectivity index (χ1) is 51.5. The molecule has 12 heteroatoms. The van der Waals surface area contributed by atoms with Crippen LogP contribution in [0.25, 0.3) is 0 Å². The first-order valence-electron chi connectivity index (χ1n) is 46.8. The van der Waals surface area contributed by atoms with E-state index in [9.17, 15) is 29.4 Å². The van der Waals surface area contributed by atoms with Gasteiger partial charge in [-0.05, 0) is 184 Å². The van der Waals surface area contributed by atoms with E-state index < -0.39 is 0 Å². The second kappa shape index (κ2) is 82.7. The predicted octanol–water partition coefficient (Wildman–Crippen LogP) is 26.3. The Balaban J connectivity index is 4.99. The van der Waals surface area contributed by atoms with Crippen LogP contribution >= 0.6 is 0 Å². The molecule has 0 aliphatic rings. The Kier molecular flexibility index (Phi) is 80.9. The van der Waals surface area contributed by atoms with E-state index in [0.29, 0.717) is 75.8 Å². The highest BCUT2D eigenvalue weighted by atomic mass is 16.5. The zero-order valence-corrected chi connectivity index (χ0v) is 71.4. The van der Waals surface area contributed by atoms with Gasteiger partial charge in [-0.15, -0.1) is 0 Å². The maximum absolute atomic E-state index is 13.2. The molecule has 5 atom stereocenters. The van der Waals surface area contributed by atoms with Gasteiger partial charge >= 0.3 is 23.9 Å². The second-order valence-electron chi connectivity index (χ2n) is 33.0. The summed E-state index contributed by atoms with van der Waals surface area (Å²) >= 11 is 0. The Morgan fingerprint density at radius 2 is 0.410 bits per heavy atom. The van der Waals surface area contributed by atoms with E-state index >= 15 is 0 Å². The number of esters is 4. The van der Waals surface area contributed by atoms with Gasteiger partial charge in [0.15, 0.2) is 0 Å². The van der Waals surface area contributed by atoms with Crippen LogP contribution in [0.2, 0.25) is 0 Å². The van der Waals surface area contributed by atoms with Crippen LogP contribution in [-0.4, -0.2) is 123 Å². The van der Waals surface area contributed by atoms with Crippen molar-refractivity contribution in [3.05, 3.63) is 0 Å². The van der Waals surface area contributed by atoms with Crippen molar-refractivity contribution >= 4 is 23.9 Å². The molecular weight excluding hydrogens is 1310 g/mol. The molecule has 0 saturated heterocycles. The number of nitrogens with zero attached hydrogens (tertiary/aromatic N) is 2. The molecule has 105 heavy (non-hydrogen) atoms. The third kappa shape index (κ3) is 73.0. The van der Waals surface area contributed by atoms with E-state index in [1.807, 2.05) is 0 Å². The molecule has 5 unspecified atom stereocenters. The van der Waals surface area contributed by atoms with Gasteiger partial charge in [-0.2, -0.15) is 0 Å². The summed E-state index contributed by atoms with van der Waals surface area (Å²) in [5, 5.41) is 19.2. The molecule has 624 valence electrons. The molecule has 0 aromatic rings. The summed E-state index contributed by atoms with van der Waals surface area (Å²) in [6.45, 7) is 24.2. The molecule has 0 spiro atoms. The molecular formula is C93H182N2O10. The SMILES string of the molecule is CCCCCCCCC(CCCCCC)COC(=O)CCCCCN(CCCO)CCCCCC(=O)OCC(CCCCCCCC)CCCC(CC)CCCCCCC(CCCCCCCC)COC(=O)CCCCN(CCCCO)CCCCC(=O)OCC(CCCCCC)CCCCCCCC. The van der Waals surface area contributed by atoms with E-state index in [2.05, 4.69) is 58.3 Å². The largest absolute Gasteiger partial charge is 0.465 e. The molecule has 12 nitrogen and oxygen atoms in total. The number of carbonyl (C=O) groups excluding carboxylic acids is 4. The zero-order chi connectivity index (χ0) is 76.6. The van der Waals surface area contributed by atoms with Crippen LogP contribution in [0.3, 0.4) is 0 Å². The Bertz CT molecular complexity index is 1800. The number of aliphatic hydroxyl groups excluding tert-OH is 2. The van der Waals surface area contributed by atoms with Crippen LogP contribution in [0.15, 0.2) is 0 Å². The van der Waals surface area contributed by atoms with Crippen molar-refractivity contribution in [2.45, 2.75) is 466 Å². The highest BCUT2D eigenvalue weighted by molar-refractivity contribution is 5.70. The van der Waals surface area contributed by atoms with E-state index in [1.165, 1.54) is 283 Å². The van der Waals surface area contributed by atoms with Gasteiger partial charge in [0.05, 0.1) is 26.4 Å². The molecule has 0 rings (SSSR count). The summed E-state index contributed by atoms with van der Waals surface area (Å²) < 4.78 is 23.9. The number of hydrogen-bond donors (Lipinski definition) is 2. The minimum absolute atomic E-state index is 0.0341. The van der Waals surface area contributed by atoms with Gasteiger partial charge in [0.2, 0.25) is 0 Å². The number of unbranched alkanes of at least 4 members (excludes halogenated alkanes) is 36. The average molecular weight is 1490 g/mol. The predicted molar refractivity (Wildman–Crippen MR) is 448 cm³/mol. The lowest BCUT2D eigenvalue weighted by atomic mass is 9.89. The first kappa shape index (κ1) is 103. The molecule has 0 aliphatic heterocycles. The van der Waals surface area contributed by atoms with E-state index in [-0.39, 0.29) is 37.1 Å². The maximum atomic E-state index is 13.2. The van der Waals surface area contributed by atoms with Crippen LogP contribution < -0.4 is 0 Å². The number of carbonyl (C=O) groups is 4. The van der Waals surface area contributed by atoms with Crippen molar-refractivity contribution in [2.75, 3.05) is 78.9 Å². The maximum Gasteiger partial charge on any atom is 0.305 e. The molecule has 0 amide bonds. The van der Waals surface area contributed by atoms with Crippen LogP contribution in [0.4, 0.5) is 0 Å². The van der Waals surface area contributed by atoms with E-state index in [4.69, 9.17) is 18.9 Å². The number of aliphatic hydroxyl groups is 2. The van der Waals surface area contributed by atoms with Gasteiger partial charge in [-0.25, -0.2) is 0 Å². The minimum Gasteiger partial charge on any atom is -0.465 e. The van der Waals surface area contributed by atoms with Gasteiger partial charge in [0, 0.05) is 45.4 Å². The summed E-state index contributed by atoms with van der Waals surface area (Å²) in [5.74, 6) is 2.42. The van der Waals surface area contributed by atoms with Gasteiger partial charge in [-0.1, -0.05) is 318 Å². The smallest absolute Gasteiger partial charge is 0.305 e. The molecule has 0 saturated carbocycles. The lowest BCUT2D eigenvalue weighted by molar-refractivity contribution is -0.146.